The number of aromatic nitrogens is 4. The molecule has 1 aliphatic heterocycles. The molecule has 2 aromatic rings. The van der Waals surface area contributed by atoms with E-state index in [0.717, 1.165) is 50.6 Å². The van der Waals surface area contributed by atoms with Gasteiger partial charge in [0, 0.05) is 24.6 Å². The lowest BCUT2D eigenvalue weighted by molar-refractivity contribution is 0.196. The van der Waals surface area contributed by atoms with Crippen molar-refractivity contribution in [3.63, 3.8) is 0 Å². The summed E-state index contributed by atoms with van der Waals surface area (Å²) in [6.07, 6.45) is 7.13. The van der Waals surface area contributed by atoms with Crippen molar-refractivity contribution in [2.24, 2.45) is 0 Å². The molecule has 6 heteroatoms. The molecule has 1 saturated heterocycles. The van der Waals surface area contributed by atoms with Gasteiger partial charge in [0.2, 0.25) is 5.89 Å². The van der Waals surface area contributed by atoms with Gasteiger partial charge in [0.15, 0.2) is 5.82 Å². The van der Waals surface area contributed by atoms with Crippen molar-refractivity contribution in [3.8, 4) is 0 Å². The maximum absolute atomic E-state index is 5.43. The van der Waals surface area contributed by atoms with Gasteiger partial charge in [0.1, 0.15) is 0 Å². The fourth-order valence-electron chi connectivity index (χ4n) is 2.75. The summed E-state index contributed by atoms with van der Waals surface area (Å²) in [6.45, 7) is 7.47. The second-order valence-corrected chi connectivity index (χ2v) is 6.12. The molecule has 0 radical (unpaired) electrons. The molecule has 1 N–H and O–H groups in total. The second-order valence-electron chi connectivity index (χ2n) is 6.12. The van der Waals surface area contributed by atoms with Crippen molar-refractivity contribution in [2.45, 2.75) is 44.9 Å². The normalized spacial score (nSPS) is 17.7. The second kappa shape index (κ2) is 6.39. The van der Waals surface area contributed by atoms with Crippen LogP contribution >= 0.6 is 0 Å². The van der Waals surface area contributed by atoms with Gasteiger partial charge in [-0.1, -0.05) is 19.0 Å². The first-order valence-corrected chi connectivity index (χ1v) is 7.76. The molecule has 0 aromatic carbocycles. The average molecular weight is 289 g/mol. The third-order valence-corrected chi connectivity index (χ3v) is 4.18. The lowest BCUT2D eigenvalue weighted by atomic mass is 9.96. The van der Waals surface area contributed by atoms with Crippen molar-refractivity contribution >= 4 is 0 Å². The molecule has 0 aliphatic carbocycles. The molecule has 0 amide bonds. The number of piperidine rings is 1. The topological polar surface area (TPSA) is 70.8 Å². The standard InChI is InChI=1S/C15H23N5O/c1-11(2)14-18-15(21-19-14)13-4-7-20(8-5-13)6-3-12-9-16-17-10-12/h9-11,13H,3-8H2,1-2H3,(H,16,17). The van der Waals surface area contributed by atoms with Crippen LogP contribution in [0.3, 0.4) is 0 Å². The monoisotopic (exact) mass is 289 g/mol. The lowest BCUT2D eigenvalue weighted by Crippen LogP contribution is -2.34. The van der Waals surface area contributed by atoms with Crippen LogP contribution in [0.5, 0.6) is 0 Å². The van der Waals surface area contributed by atoms with Gasteiger partial charge in [-0.05, 0) is 37.9 Å². The lowest BCUT2D eigenvalue weighted by Gasteiger charge is -2.30. The van der Waals surface area contributed by atoms with E-state index in [1.165, 1.54) is 5.56 Å². The van der Waals surface area contributed by atoms with E-state index in [2.05, 4.69) is 39.1 Å². The van der Waals surface area contributed by atoms with Gasteiger partial charge in [-0.15, -0.1) is 0 Å². The third-order valence-electron chi connectivity index (χ3n) is 4.18. The van der Waals surface area contributed by atoms with E-state index in [1.54, 1.807) is 0 Å². The fraction of sp³-hybridized carbons (Fsp3) is 0.667. The van der Waals surface area contributed by atoms with E-state index in [-0.39, 0.29) is 0 Å². The highest BCUT2D eigenvalue weighted by Gasteiger charge is 2.25. The summed E-state index contributed by atoms with van der Waals surface area (Å²) in [6, 6.07) is 0. The maximum Gasteiger partial charge on any atom is 0.229 e. The highest BCUT2D eigenvalue weighted by atomic mass is 16.5. The van der Waals surface area contributed by atoms with Crippen LogP contribution in [-0.4, -0.2) is 44.9 Å². The van der Waals surface area contributed by atoms with E-state index < -0.39 is 0 Å². The minimum atomic E-state index is 0.331. The summed E-state index contributed by atoms with van der Waals surface area (Å²) in [5.41, 5.74) is 1.27. The molecule has 21 heavy (non-hydrogen) atoms. The van der Waals surface area contributed by atoms with E-state index >= 15 is 0 Å². The minimum Gasteiger partial charge on any atom is -0.339 e. The molecule has 3 rings (SSSR count). The molecule has 2 aromatic heterocycles. The number of H-pyrrole nitrogens is 1. The van der Waals surface area contributed by atoms with Crippen LogP contribution in [0.25, 0.3) is 0 Å². The van der Waals surface area contributed by atoms with Crippen LogP contribution in [0.1, 0.15) is 55.8 Å². The van der Waals surface area contributed by atoms with Gasteiger partial charge in [-0.3, -0.25) is 5.10 Å². The molecule has 114 valence electrons. The third kappa shape index (κ3) is 3.50. The highest BCUT2D eigenvalue weighted by molar-refractivity contribution is 5.03. The van der Waals surface area contributed by atoms with Crippen LogP contribution in [-0.2, 0) is 6.42 Å². The molecule has 0 spiro atoms. The van der Waals surface area contributed by atoms with E-state index in [9.17, 15) is 0 Å². The van der Waals surface area contributed by atoms with Crippen molar-refractivity contribution in [3.05, 3.63) is 29.7 Å². The van der Waals surface area contributed by atoms with Gasteiger partial charge in [0.25, 0.3) is 0 Å². The van der Waals surface area contributed by atoms with E-state index in [1.807, 2.05) is 12.4 Å². The summed E-state index contributed by atoms with van der Waals surface area (Å²) in [5, 5.41) is 10.9. The van der Waals surface area contributed by atoms with E-state index in [0.29, 0.717) is 11.8 Å². The molecule has 1 aliphatic rings. The Hall–Kier alpha value is -1.69. The fourth-order valence-corrected chi connectivity index (χ4v) is 2.75. The Labute approximate surface area is 124 Å². The SMILES string of the molecule is CC(C)c1noc(C2CCN(CCc3cn[nH]c3)CC2)n1. The molecule has 0 saturated carbocycles. The number of nitrogens with zero attached hydrogens (tertiary/aromatic N) is 4. The smallest absolute Gasteiger partial charge is 0.229 e. The van der Waals surface area contributed by atoms with Gasteiger partial charge >= 0.3 is 0 Å². The summed E-state index contributed by atoms with van der Waals surface area (Å²) in [5.74, 6) is 2.41. The Morgan fingerprint density at radius 3 is 2.81 bits per heavy atom. The molecule has 0 atom stereocenters. The van der Waals surface area contributed by atoms with Gasteiger partial charge in [-0.2, -0.15) is 10.1 Å². The number of hydrogen-bond donors (Lipinski definition) is 1. The number of rotatable bonds is 5. The molecule has 6 nitrogen and oxygen atoms in total. The van der Waals surface area contributed by atoms with E-state index in [4.69, 9.17) is 4.52 Å². The van der Waals surface area contributed by atoms with Gasteiger partial charge < -0.3 is 9.42 Å². The number of likely N-dealkylation sites (tertiary alicyclic amines) is 1. The number of hydrogen-bond acceptors (Lipinski definition) is 5. The Balaban J connectivity index is 1.48. The highest BCUT2D eigenvalue weighted by Crippen LogP contribution is 2.27. The molecular formula is C15H23N5O. The van der Waals surface area contributed by atoms with Crippen molar-refractivity contribution in [1.82, 2.24) is 25.2 Å². The Bertz CT molecular complexity index is 540. The molecular weight excluding hydrogens is 266 g/mol. The number of aromatic amines is 1. The Morgan fingerprint density at radius 2 is 2.19 bits per heavy atom. The predicted molar refractivity (Wildman–Crippen MR) is 79.1 cm³/mol. The summed E-state index contributed by atoms with van der Waals surface area (Å²) in [7, 11) is 0. The van der Waals surface area contributed by atoms with Gasteiger partial charge in [-0.25, -0.2) is 0 Å². The summed E-state index contributed by atoms with van der Waals surface area (Å²) in [4.78, 5) is 7.04. The minimum absolute atomic E-state index is 0.331. The van der Waals surface area contributed by atoms with Crippen LogP contribution in [0.4, 0.5) is 0 Å². The molecule has 3 heterocycles. The Morgan fingerprint density at radius 1 is 1.38 bits per heavy atom. The van der Waals surface area contributed by atoms with Gasteiger partial charge in [0.05, 0.1) is 6.20 Å². The largest absolute Gasteiger partial charge is 0.339 e. The Kier molecular flexibility index (Phi) is 4.34. The average Bonchev–Trinajstić information content (AvgIpc) is 3.17. The first kappa shape index (κ1) is 14.3. The van der Waals surface area contributed by atoms with Crippen molar-refractivity contribution in [1.29, 1.82) is 0 Å². The predicted octanol–water partition coefficient (Wildman–Crippen LogP) is 2.34. The summed E-state index contributed by atoms with van der Waals surface area (Å²) >= 11 is 0. The van der Waals surface area contributed by atoms with Crippen LogP contribution in [0, 0.1) is 0 Å². The van der Waals surface area contributed by atoms with Crippen LogP contribution in [0.15, 0.2) is 16.9 Å². The van der Waals surface area contributed by atoms with Crippen LogP contribution < -0.4 is 0 Å². The molecule has 0 unspecified atom stereocenters. The summed E-state index contributed by atoms with van der Waals surface area (Å²) < 4.78 is 5.43. The first-order chi connectivity index (χ1) is 10.2. The molecule has 1 fully saturated rings. The zero-order chi connectivity index (χ0) is 14.7. The zero-order valence-corrected chi connectivity index (χ0v) is 12.7. The van der Waals surface area contributed by atoms with Crippen molar-refractivity contribution in [2.75, 3.05) is 19.6 Å². The first-order valence-electron chi connectivity index (χ1n) is 7.76. The maximum atomic E-state index is 5.43. The zero-order valence-electron chi connectivity index (χ0n) is 12.7. The van der Waals surface area contributed by atoms with Crippen LogP contribution in [0.2, 0.25) is 0 Å². The van der Waals surface area contributed by atoms with Crippen molar-refractivity contribution < 1.29 is 4.52 Å². The quantitative estimate of drug-likeness (QED) is 0.914. The molecule has 0 bridgehead atoms. The number of nitrogens with one attached hydrogen (secondary N) is 1.